The Bertz CT molecular complexity index is 686. The monoisotopic (exact) mass is 340 g/mol. The third-order valence-electron chi connectivity index (χ3n) is 3.48. The van der Waals surface area contributed by atoms with Gasteiger partial charge in [0.15, 0.2) is 0 Å². The van der Waals surface area contributed by atoms with Crippen LogP contribution in [0, 0.1) is 4.91 Å². The average Bonchev–Trinajstić information content (AvgIpc) is 2.83. The molecule has 10 heteroatoms. The number of nitrogens with zero attached hydrogens (tertiary/aromatic N) is 2. The maximum atomic E-state index is 12.2. The third kappa shape index (κ3) is 4.87. The zero-order valence-electron chi connectivity index (χ0n) is 13.8. The SMILES string of the molecule is CB(O)NC(=BCN=O)NC/C=C/CN1C(=O)c2ccccc2C1=O. The van der Waals surface area contributed by atoms with Crippen LogP contribution in [0.2, 0.25) is 6.82 Å². The van der Waals surface area contributed by atoms with Crippen molar-refractivity contribution in [1.82, 2.24) is 15.4 Å². The van der Waals surface area contributed by atoms with Crippen molar-refractivity contribution in [1.29, 1.82) is 0 Å². The first kappa shape index (κ1) is 18.6. The number of rotatable bonds is 9. The van der Waals surface area contributed by atoms with Gasteiger partial charge in [0.1, 0.15) is 0 Å². The molecule has 0 aromatic heterocycles. The summed E-state index contributed by atoms with van der Waals surface area (Å²) in [5, 5.41) is 17.7. The molecule has 0 unspecified atom stereocenters. The number of carbonyl (C=O) groups is 2. The van der Waals surface area contributed by atoms with Crippen molar-refractivity contribution in [3.05, 3.63) is 52.5 Å². The molecule has 1 heterocycles. The van der Waals surface area contributed by atoms with E-state index in [0.29, 0.717) is 23.4 Å². The van der Waals surface area contributed by atoms with E-state index in [1.165, 1.54) is 11.8 Å². The maximum absolute atomic E-state index is 12.2. The quantitative estimate of drug-likeness (QED) is 0.245. The van der Waals surface area contributed by atoms with Gasteiger partial charge in [0.25, 0.3) is 0 Å². The van der Waals surface area contributed by atoms with Gasteiger partial charge < -0.3 is 0 Å². The number of nitrogens with one attached hydrogen (secondary N) is 2. The zero-order valence-corrected chi connectivity index (χ0v) is 13.8. The minimum atomic E-state index is -0.785. The molecule has 2 rings (SSSR count). The number of benzene rings is 1. The van der Waals surface area contributed by atoms with Crippen molar-refractivity contribution in [3.8, 4) is 0 Å². The summed E-state index contributed by atoms with van der Waals surface area (Å²) in [6.07, 6.45) is 3.42. The molecule has 8 nitrogen and oxygen atoms in total. The van der Waals surface area contributed by atoms with Crippen LogP contribution in [0.5, 0.6) is 0 Å². The van der Waals surface area contributed by atoms with Crippen molar-refractivity contribution < 1.29 is 14.6 Å². The molecule has 1 aromatic rings. The fourth-order valence-electron chi connectivity index (χ4n) is 2.37. The number of amides is 2. The second kappa shape index (κ2) is 8.93. The Hall–Kier alpha value is -2.74. The number of fused-ring (bicyclic) bond motifs is 1. The van der Waals surface area contributed by atoms with Gasteiger partial charge >= 0.3 is 146 Å². The molecule has 1 aliphatic heterocycles. The molecule has 0 saturated heterocycles. The third-order valence-corrected chi connectivity index (χ3v) is 3.48. The van der Waals surface area contributed by atoms with Gasteiger partial charge in [-0.15, -0.1) is 0 Å². The summed E-state index contributed by atoms with van der Waals surface area (Å²) < 4.78 is 0. The first-order valence-corrected chi connectivity index (χ1v) is 7.82. The van der Waals surface area contributed by atoms with Gasteiger partial charge in [-0.1, -0.05) is 0 Å². The van der Waals surface area contributed by atoms with Gasteiger partial charge in [-0.3, -0.25) is 0 Å². The topological polar surface area (TPSA) is 111 Å². The van der Waals surface area contributed by atoms with Crippen LogP contribution in [0.15, 0.2) is 41.6 Å². The Balaban J connectivity index is 1.86. The van der Waals surface area contributed by atoms with Crippen LogP contribution in [0.1, 0.15) is 20.7 Å². The predicted octanol–water partition coefficient (Wildman–Crippen LogP) is -0.356. The molecule has 25 heavy (non-hydrogen) atoms. The van der Waals surface area contributed by atoms with Gasteiger partial charge in [0.05, 0.1) is 0 Å². The van der Waals surface area contributed by atoms with Crippen LogP contribution in [-0.4, -0.2) is 61.0 Å². The second-order valence-corrected chi connectivity index (χ2v) is 5.37. The molecule has 0 spiro atoms. The summed E-state index contributed by atoms with van der Waals surface area (Å²) in [6, 6.07) is 6.73. The van der Waals surface area contributed by atoms with Gasteiger partial charge in [0.2, 0.25) is 0 Å². The molecule has 1 aliphatic rings. The molecular formula is C15H18B2N4O4. The van der Waals surface area contributed by atoms with E-state index >= 15 is 0 Å². The second-order valence-electron chi connectivity index (χ2n) is 5.37. The molecule has 1 aromatic carbocycles. The number of carbonyl (C=O) groups excluding carboxylic acids is 2. The molecule has 3 N–H and O–H groups in total. The van der Waals surface area contributed by atoms with Gasteiger partial charge in [0, 0.05) is 0 Å². The van der Waals surface area contributed by atoms with Crippen molar-refractivity contribution >= 4 is 31.5 Å². The predicted molar refractivity (Wildman–Crippen MR) is 97.3 cm³/mol. The summed E-state index contributed by atoms with van der Waals surface area (Å²) in [6.45, 7) is 3.61. The van der Waals surface area contributed by atoms with E-state index in [1.54, 1.807) is 43.2 Å². The molecule has 0 bridgehead atoms. The molecule has 0 saturated carbocycles. The van der Waals surface area contributed by atoms with Gasteiger partial charge in [-0.25, -0.2) is 0 Å². The summed E-state index contributed by atoms with van der Waals surface area (Å²) in [4.78, 5) is 35.7. The fourth-order valence-corrected chi connectivity index (χ4v) is 2.37. The van der Waals surface area contributed by atoms with Crippen LogP contribution < -0.4 is 10.5 Å². The van der Waals surface area contributed by atoms with Crippen LogP contribution in [0.4, 0.5) is 0 Å². The van der Waals surface area contributed by atoms with Gasteiger partial charge in [-0.05, 0) is 0 Å². The zero-order chi connectivity index (χ0) is 18.2. The van der Waals surface area contributed by atoms with Crippen LogP contribution in [0.3, 0.4) is 0 Å². The van der Waals surface area contributed by atoms with E-state index in [1.807, 2.05) is 0 Å². The van der Waals surface area contributed by atoms with Gasteiger partial charge in [-0.2, -0.15) is 0 Å². The Labute approximate surface area is 146 Å². The number of nitroso groups, excluding NO2 is 1. The summed E-state index contributed by atoms with van der Waals surface area (Å²) >= 11 is 0. The molecule has 128 valence electrons. The molecule has 2 amide bonds. The standard InChI is InChI=1S/C15H18B2N4O4/c1-17(24)20-15(16-10-19-25)18-8-4-5-9-21-13(22)11-6-2-3-7-12(11)14(21)23/h2-7,18,20,24H,8-10H2,1H3/b5-4+. The summed E-state index contributed by atoms with van der Waals surface area (Å²) in [5.74, 6) is -0.599. The Morgan fingerprint density at radius 1 is 1.28 bits per heavy atom. The molecular weight excluding hydrogens is 322 g/mol. The van der Waals surface area contributed by atoms with E-state index in [9.17, 15) is 19.5 Å². The number of hydrogen-bond donors (Lipinski definition) is 3. The van der Waals surface area contributed by atoms with Crippen LogP contribution in [0.25, 0.3) is 0 Å². The number of imide groups is 1. The van der Waals surface area contributed by atoms with Crippen molar-refractivity contribution in [2.75, 3.05) is 19.5 Å². The van der Waals surface area contributed by atoms with Crippen molar-refractivity contribution in [2.24, 2.45) is 5.18 Å². The first-order valence-electron chi connectivity index (χ1n) is 7.82. The Kier molecular flexibility index (Phi) is 6.64. The summed E-state index contributed by atoms with van der Waals surface area (Å²) in [7, 11) is -0.785. The minimum absolute atomic E-state index is 0.0270. The van der Waals surface area contributed by atoms with E-state index < -0.39 is 7.05 Å². The van der Waals surface area contributed by atoms with E-state index in [0.717, 1.165) is 0 Å². The molecule has 0 radical (unpaired) electrons. The van der Waals surface area contributed by atoms with Crippen LogP contribution in [-0.2, 0) is 0 Å². The van der Waals surface area contributed by atoms with Crippen molar-refractivity contribution in [3.63, 3.8) is 0 Å². The molecule has 0 aliphatic carbocycles. The fraction of sp³-hybridized carbons (Fsp3) is 0.267. The van der Waals surface area contributed by atoms with Crippen LogP contribution >= 0.6 is 0 Å². The Morgan fingerprint density at radius 2 is 1.92 bits per heavy atom. The van der Waals surface area contributed by atoms with Crippen molar-refractivity contribution in [2.45, 2.75) is 6.82 Å². The Morgan fingerprint density at radius 3 is 2.48 bits per heavy atom. The average molecular weight is 340 g/mol. The molecule has 0 atom stereocenters. The normalized spacial score (nSPS) is 13.7. The van der Waals surface area contributed by atoms with E-state index in [-0.39, 0.29) is 24.8 Å². The number of hydrogen-bond acceptors (Lipinski definition) is 7. The molecule has 0 fully saturated rings. The van der Waals surface area contributed by atoms with E-state index in [2.05, 4.69) is 15.7 Å². The summed E-state index contributed by atoms with van der Waals surface area (Å²) in [5.41, 5.74) is 1.32. The van der Waals surface area contributed by atoms with E-state index in [4.69, 9.17) is 0 Å². The first-order chi connectivity index (χ1) is 12.0.